The largest absolute Gasteiger partial charge is 0.366 e. The fourth-order valence-electron chi connectivity index (χ4n) is 0.0636. The average molecular weight is 117 g/mol. The molecule has 0 heterocycles. The van der Waals surface area contributed by atoms with Crippen molar-refractivity contribution in [1.82, 2.24) is 0 Å². The quantitative estimate of drug-likeness (QED) is 0.376. The van der Waals surface area contributed by atoms with E-state index >= 15 is 0 Å². The van der Waals surface area contributed by atoms with Crippen LogP contribution in [0.2, 0.25) is 0 Å². The lowest BCUT2D eigenvalue weighted by atomic mass is 10.3. The number of carbonyl (C=O) groups is 1. The molecule has 0 aromatic rings. The summed E-state index contributed by atoms with van der Waals surface area (Å²) in [6.45, 7) is 1.61. The molecule has 0 saturated carbocycles. The predicted molar refractivity (Wildman–Crippen MR) is 31.9 cm³/mol. The molecule has 40 valence electrons. The van der Waals surface area contributed by atoms with Gasteiger partial charge in [0.25, 0.3) is 0 Å². The van der Waals surface area contributed by atoms with Crippen LogP contribution in [-0.4, -0.2) is 5.91 Å². The summed E-state index contributed by atoms with van der Waals surface area (Å²) in [7, 11) is 0. The maximum Gasteiger partial charge on any atom is 0.244 e. The number of nitrogens with two attached hydrogens (primary N) is 1. The summed E-state index contributed by atoms with van der Waals surface area (Å²) in [5, 5.41) is 1.38. The first-order valence-electron chi connectivity index (χ1n) is 1.79. The van der Waals surface area contributed by atoms with E-state index in [0.29, 0.717) is 5.57 Å². The van der Waals surface area contributed by atoms with Gasteiger partial charge < -0.3 is 5.73 Å². The summed E-state index contributed by atoms with van der Waals surface area (Å²) in [5.41, 5.74) is 5.27. The highest BCUT2D eigenvalue weighted by Crippen LogP contribution is 1.90. The van der Waals surface area contributed by atoms with E-state index in [0.717, 1.165) is 0 Å². The number of amides is 1. The van der Waals surface area contributed by atoms with Crippen molar-refractivity contribution in [2.45, 2.75) is 6.92 Å². The van der Waals surface area contributed by atoms with Crippen molar-refractivity contribution in [3.63, 3.8) is 0 Å². The summed E-state index contributed by atoms with van der Waals surface area (Å²) in [4.78, 5) is 10.0. The second-order valence-corrected chi connectivity index (χ2v) is 1.43. The van der Waals surface area contributed by atoms with E-state index in [1.807, 2.05) is 0 Å². The van der Waals surface area contributed by atoms with Crippen molar-refractivity contribution < 1.29 is 4.79 Å². The monoisotopic (exact) mass is 117 g/mol. The first kappa shape index (κ1) is 6.56. The van der Waals surface area contributed by atoms with Crippen molar-refractivity contribution in [1.29, 1.82) is 0 Å². The van der Waals surface area contributed by atoms with Crippen molar-refractivity contribution in [2.75, 3.05) is 0 Å². The molecule has 0 aliphatic rings. The number of hydrogen-bond donors (Lipinski definition) is 2. The zero-order chi connectivity index (χ0) is 5.86. The first-order valence-corrected chi connectivity index (χ1v) is 2.31. The normalized spacial score (nSPS) is 11.4. The second kappa shape index (κ2) is 2.69. The highest BCUT2D eigenvalue weighted by Gasteiger charge is 1.90. The number of hydrogen-bond acceptors (Lipinski definition) is 2. The van der Waals surface area contributed by atoms with E-state index in [-0.39, 0.29) is 0 Å². The first-order chi connectivity index (χ1) is 3.18. The molecule has 2 nitrogen and oxygen atoms in total. The minimum atomic E-state index is -0.421. The Balaban J connectivity index is 3.82. The van der Waals surface area contributed by atoms with Gasteiger partial charge in [-0.1, -0.05) is 0 Å². The Kier molecular flexibility index (Phi) is 2.52. The predicted octanol–water partition coefficient (Wildman–Crippen LogP) is 0.305. The number of carbonyl (C=O) groups excluding carboxylic acids is 1. The van der Waals surface area contributed by atoms with Crippen molar-refractivity contribution in [3.8, 4) is 0 Å². The van der Waals surface area contributed by atoms with Gasteiger partial charge in [-0.25, -0.2) is 0 Å². The van der Waals surface area contributed by atoms with Gasteiger partial charge in [-0.2, -0.15) is 12.6 Å². The van der Waals surface area contributed by atoms with E-state index in [1.165, 1.54) is 5.41 Å². The Hall–Kier alpha value is -0.440. The number of thiol groups is 1. The van der Waals surface area contributed by atoms with Crippen LogP contribution in [0.1, 0.15) is 6.92 Å². The molecule has 0 radical (unpaired) electrons. The smallest absolute Gasteiger partial charge is 0.244 e. The van der Waals surface area contributed by atoms with Crippen LogP contribution >= 0.6 is 12.6 Å². The molecule has 0 aromatic carbocycles. The topological polar surface area (TPSA) is 43.1 Å². The van der Waals surface area contributed by atoms with E-state index in [1.54, 1.807) is 6.92 Å². The van der Waals surface area contributed by atoms with Gasteiger partial charge in [-0.05, 0) is 12.3 Å². The molecular weight excluding hydrogens is 110 g/mol. The summed E-state index contributed by atoms with van der Waals surface area (Å²) in [6.07, 6.45) is 0. The van der Waals surface area contributed by atoms with Gasteiger partial charge in [-0.15, -0.1) is 0 Å². The zero-order valence-electron chi connectivity index (χ0n) is 4.01. The molecule has 7 heavy (non-hydrogen) atoms. The fourth-order valence-corrected chi connectivity index (χ4v) is 0.191. The average Bonchev–Trinajstić information content (AvgIpc) is 1.65. The highest BCUT2D eigenvalue weighted by atomic mass is 32.1. The summed E-state index contributed by atoms with van der Waals surface area (Å²) in [6, 6.07) is 0. The van der Waals surface area contributed by atoms with Crippen LogP contribution in [0.15, 0.2) is 11.0 Å². The Morgan fingerprint density at radius 2 is 2.29 bits per heavy atom. The van der Waals surface area contributed by atoms with Gasteiger partial charge >= 0.3 is 0 Å². The minimum absolute atomic E-state index is 0.421. The van der Waals surface area contributed by atoms with E-state index < -0.39 is 5.91 Å². The van der Waals surface area contributed by atoms with Gasteiger partial charge in [0.2, 0.25) is 5.91 Å². The third-order valence-corrected chi connectivity index (χ3v) is 0.970. The lowest BCUT2D eigenvalue weighted by molar-refractivity contribution is -0.114. The Morgan fingerprint density at radius 1 is 1.86 bits per heavy atom. The lowest BCUT2D eigenvalue weighted by Gasteiger charge is -1.85. The van der Waals surface area contributed by atoms with Crippen LogP contribution in [0.4, 0.5) is 0 Å². The van der Waals surface area contributed by atoms with Crippen molar-refractivity contribution in [2.24, 2.45) is 5.73 Å². The van der Waals surface area contributed by atoms with Gasteiger partial charge in [0.15, 0.2) is 0 Å². The molecule has 0 rings (SSSR count). The summed E-state index contributed by atoms with van der Waals surface area (Å²) in [5.74, 6) is -0.421. The van der Waals surface area contributed by atoms with Gasteiger partial charge in [0, 0.05) is 5.57 Å². The molecule has 0 unspecified atom stereocenters. The van der Waals surface area contributed by atoms with Crippen molar-refractivity contribution >= 4 is 18.5 Å². The van der Waals surface area contributed by atoms with Crippen LogP contribution in [0.3, 0.4) is 0 Å². The fraction of sp³-hybridized carbons (Fsp3) is 0.250. The molecule has 0 spiro atoms. The van der Waals surface area contributed by atoms with E-state index in [4.69, 9.17) is 5.73 Å². The Bertz CT molecular complexity index is 108. The standard InChI is InChI=1S/C4H7NOS/c1-3(2-7)4(5)6/h2,7H,1H3,(H2,5,6)/b3-2+. The highest BCUT2D eigenvalue weighted by molar-refractivity contribution is 7.83. The molecular formula is C4H7NOS. The van der Waals surface area contributed by atoms with Gasteiger partial charge in [0.05, 0.1) is 0 Å². The van der Waals surface area contributed by atoms with Crippen LogP contribution in [0.25, 0.3) is 0 Å². The van der Waals surface area contributed by atoms with Gasteiger partial charge in [0.1, 0.15) is 0 Å². The molecule has 3 heteroatoms. The van der Waals surface area contributed by atoms with Crippen LogP contribution < -0.4 is 5.73 Å². The molecule has 0 fully saturated rings. The molecule has 1 amide bonds. The number of primary amides is 1. The maximum absolute atomic E-state index is 10.0. The Morgan fingerprint density at radius 3 is 2.29 bits per heavy atom. The van der Waals surface area contributed by atoms with Gasteiger partial charge in [-0.3, -0.25) is 4.79 Å². The molecule has 0 atom stereocenters. The summed E-state index contributed by atoms with van der Waals surface area (Å²) < 4.78 is 0. The minimum Gasteiger partial charge on any atom is -0.366 e. The molecule has 0 saturated heterocycles. The zero-order valence-corrected chi connectivity index (χ0v) is 4.90. The van der Waals surface area contributed by atoms with Crippen LogP contribution in [0.5, 0.6) is 0 Å². The molecule has 0 aliphatic carbocycles. The van der Waals surface area contributed by atoms with Crippen molar-refractivity contribution in [3.05, 3.63) is 11.0 Å². The lowest BCUT2D eigenvalue weighted by Crippen LogP contribution is -2.10. The summed E-state index contributed by atoms with van der Waals surface area (Å²) >= 11 is 3.69. The van der Waals surface area contributed by atoms with E-state index in [2.05, 4.69) is 12.6 Å². The molecule has 2 N–H and O–H groups in total. The third-order valence-electron chi connectivity index (χ3n) is 0.582. The van der Waals surface area contributed by atoms with Crippen LogP contribution in [-0.2, 0) is 4.79 Å². The van der Waals surface area contributed by atoms with Crippen LogP contribution in [0, 0.1) is 0 Å². The molecule has 0 aromatic heterocycles. The van der Waals surface area contributed by atoms with E-state index in [9.17, 15) is 4.79 Å². The molecule has 0 aliphatic heterocycles. The number of rotatable bonds is 1. The SMILES string of the molecule is C/C(=C\S)C(N)=O. The third kappa shape index (κ3) is 2.28. The second-order valence-electron chi connectivity index (χ2n) is 1.18. The maximum atomic E-state index is 10.0. The Labute approximate surface area is 47.8 Å². The molecule has 0 bridgehead atoms.